The van der Waals surface area contributed by atoms with Gasteiger partial charge in [0.25, 0.3) is 11.8 Å². The molecule has 2 aliphatic heterocycles. The predicted molar refractivity (Wildman–Crippen MR) is 129 cm³/mol. The van der Waals surface area contributed by atoms with Crippen molar-refractivity contribution in [3.63, 3.8) is 0 Å². The third kappa shape index (κ3) is 4.10. The Kier molecular flexibility index (Phi) is 6.16. The lowest BCUT2D eigenvalue weighted by atomic mass is 10.0. The van der Waals surface area contributed by atoms with Crippen molar-refractivity contribution in [1.82, 2.24) is 14.9 Å². The van der Waals surface area contributed by atoms with Crippen molar-refractivity contribution < 1.29 is 28.2 Å². The van der Waals surface area contributed by atoms with Gasteiger partial charge in [0, 0.05) is 37.8 Å². The first-order valence-electron chi connectivity index (χ1n) is 11.6. The number of carbonyl (C=O) groups excluding carboxylic acids is 2. The van der Waals surface area contributed by atoms with Crippen LogP contribution in [0.15, 0.2) is 59.5 Å². The van der Waals surface area contributed by atoms with E-state index in [1.165, 1.54) is 21.8 Å². The van der Waals surface area contributed by atoms with Crippen LogP contribution in [0.1, 0.15) is 38.4 Å². The lowest BCUT2D eigenvalue weighted by molar-refractivity contribution is 0.0291. The molecular formula is C26H24F2N4O5. The number of benzene rings is 2. The summed E-state index contributed by atoms with van der Waals surface area (Å²) in [5.41, 5.74) is -1.77. The predicted octanol–water partition coefficient (Wildman–Crippen LogP) is 2.10. The van der Waals surface area contributed by atoms with Crippen LogP contribution in [0.25, 0.3) is 0 Å². The van der Waals surface area contributed by atoms with Crippen molar-refractivity contribution in [1.29, 1.82) is 0 Å². The maximum Gasteiger partial charge on any atom is 0.278 e. The molecule has 0 saturated carbocycles. The Morgan fingerprint density at radius 2 is 1.92 bits per heavy atom. The van der Waals surface area contributed by atoms with Crippen molar-refractivity contribution in [3.05, 3.63) is 99.0 Å². The molecule has 37 heavy (non-hydrogen) atoms. The summed E-state index contributed by atoms with van der Waals surface area (Å²) in [5, 5.41) is 15.0. The number of pyridine rings is 1. The van der Waals surface area contributed by atoms with E-state index in [0.717, 1.165) is 11.6 Å². The average Bonchev–Trinajstić information content (AvgIpc) is 3.38. The molecule has 1 fully saturated rings. The fraction of sp³-hybridized carbons (Fsp3) is 0.269. The molecule has 1 saturated heterocycles. The first kappa shape index (κ1) is 24.4. The molecule has 0 aliphatic carbocycles. The van der Waals surface area contributed by atoms with Gasteiger partial charge in [-0.15, -0.1) is 0 Å². The van der Waals surface area contributed by atoms with Crippen molar-refractivity contribution >= 4 is 11.8 Å². The molecule has 1 unspecified atom stereocenters. The Bertz CT molecular complexity index is 1440. The number of ether oxygens (including phenoxy) is 1. The molecule has 1 atom stereocenters. The van der Waals surface area contributed by atoms with Crippen LogP contribution in [0.2, 0.25) is 0 Å². The molecule has 2 aliphatic rings. The molecule has 0 bridgehead atoms. The monoisotopic (exact) mass is 510 g/mol. The van der Waals surface area contributed by atoms with Crippen LogP contribution in [0.5, 0.6) is 5.75 Å². The Balaban J connectivity index is 1.57. The number of hydrogen-bond acceptors (Lipinski definition) is 6. The normalized spacial score (nSPS) is 18.8. The van der Waals surface area contributed by atoms with Gasteiger partial charge in [-0.1, -0.05) is 36.4 Å². The minimum absolute atomic E-state index is 0.0154. The minimum Gasteiger partial charge on any atom is -0.502 e. The number of nitrogens with one attached hydrogen (secondary N) is 1. The molecule has 192 valence electrons. The van der Waals surface area contributed by atoms with E-state index in [1.807, 2.05) is 30.3 Å². The van der Waals surface area contributed by atoms with E-state index in [2.05, 4.69) is 5.32 Å². The number of nitrogens with zero attached hydrogens (tertiary/aromatic N) is 3. The van der Waals surface area contributed by atoms with Gasteiger partial charge in [-0.05, 0) is 11.6 Å². The highest BCUT2D eigenvalue weighted by Gasteiger charge is 2.52. The van der Waals surface area contributed by atoms with Gasteiger partial charge in [0.2, 0.25) is 5.43 Å². The molecule has 11 heteroatoms. The highest BCUT2D eigenvalue weighted by Crippen LogP contribution is 2.36. The van der Waals surface area contributed by atoms with Gasteiger partial charge in [0.15, 0.2) is 17.1 Å². The van der Waals surface area contributed by atoms with E-state index in [-0.39, 0.29) is 31.0 Å². The second kappa shape index (κ2) is 9.32. The van der Waals surface area contributed by atoms with Crippen molar-refractivity contribution in [2.45, 2.75) is 25.2 Å². The molecule has 1 aromatic heterocycles. The highest BCUT2D eigenvalue weighted by molar-refractivity contribution is 5.99. The first-order chi connectivity index (χ1) is 17.7. The number of aromatic nitrogens is 1. The maximum atomic E-state index is 14.0. The molecular weight excluding hydrogens is 486 g/mol. The lowest BCUT2D eigenvalue weighted by Gasteiger charge is -2.52. The van der Waals surface area contributed by atoms with Crippen molar-refractivity contribution in [3.8, 4) is 5.75 Å². The number of carbonyl (C=O) groups is 2. The van der Waals surface area contributed by atoms with Crippen LogP contribution in [-0.4, -0.2) is 52.4 Å². The Hall–Kier alpha value is -4.25. The molecule has 9 nitrogen and oxygen atoms in total. The van der Waals surface area contributed by atoms with E-state index >= 15 is 0 Å². The minimum atomic E-state index is -1.04. The van der Waals surface area contributed by atoms with Crippen LogP contribution in [0.3, 0.4) is 0 Å². The van der Waals surface area contributed by atoms with Gasteiger partial charge in [0.05, 0.1) is 19.8 Å². The van der Waals surface area contributed by atoms with E-state index in [0.29, 0.717) is 19.1 Å². The Morgan fingerprint density at radius 3 is 2.59 bits per heavy atom. The van der Waals surface area contributed by atoms with Crippen LogP contribution in [0, 0.1) is 11.6 Å². The molecule has 0 radical (unpaired) electrons. The average molecular weight is 510 g/mol. The third-order valence-corrected chi connectivity index (χ3v) is 6.89. The second-order valence-electron chi connectivity index (χ2n) is 9.02. The summed E-state index contributed by atoms with van der Waals surface area (Å²) in [6, 6.07) is 12.3. The lowest BCUT2D eigenvalue weighted by Crippen LogP contribution is -2.69. The van der Waals surface area contributed by atoms with Gasteiger partial charge in [-0.2, -0.15) is 0 Å². The first-order valence-corrected chi connectivity index (χ1v) is 11.6. The summed E-state index contributed by atoms with van der Waals surface area (Å²) in [5.74, 6) is -3.96. The zero-order chi connectivity index (χ0) is 26.3. The number of halogens is 2. The number of aromatic hydroxyl groups is 1. The molecule has 2 amide bonds. The van der Waals surface area contributed by atoms with Gasteiger partial charge >= 0.3 is 0 Å². The summed E-state index contributed by atoms with van der Waals surface area (Å²) in [4.78, 5) is 40.8. The van der Waals surface area contributed by atoms with E-state index in [9.17, 15) is 28.3 Å². The smallest absolute Gasteiger partial charge is 0.278 e. The van der Waals surface area contributed by atoms with Crippen molar-refractivity contribution in [2.24, 2.45) is 0 Å². The van der Waals surface area contributed by atoms with Gasteiger partial charge in [-0.25, -0.2) is 8.78 Å². The van der Waals surface area contributed by atoms with E-state index in [4.69, 9.17) is 4.74 Å². The van der Waals surface area contributed by atoms with Crippen molar-refractivity contribution in [2.75, 3.05) is 25.3 Å². The molecule has 2 N–H and O–H groups in total. The summed E-state index contributed by atoms with van der Waals surface area (Å²) >= 11 is 0. The number of fused-ring (bicyclic) bond motifs is 1. The van der Waals surface area contributed by atoms with Gasteiger partial charge in [-0.3, -0.25) is 24.1 Å². The van der Waals surface area contributed by atoms with E-state index < -0.39 is 45.9 Å². The standard InChI is InChI=1S/C26H24F2N4O5/c1-30-25(36)21-23(34)22(33)19(24(35)29-12-17-7-8-18(27)11-20(17)28)14-31(21)32(26(30)9-10-37-15-26)13-16-5-3-2-4-6-16/h2-8,11,14,34H,9-10,12-13,15H2,1H3,(H,29,35). The zero-order valence-electron chi connectivity index (χ0n) is 19.9. The number of hydrogen-bond donors (Lipinski definition) is 2. The van der Waals surface area contributed by atoms with Gasteiger partial charge in [0.1, 0.15) is 17.2 Å². The maximum absolute atomic E-state index is 14.0. The Morgan fingerprint density at radius 1 is 1.16 bits per heavy atom. The number of rotatable bonds is 5. The molecule has 5 rings (SSSR count). The molecule has 2 aromatic carbocycles. The van der Waals surface area contributed by atoms with Crippen LogP contribution >= 0.6 is 0 Å². The van der Waals surface area contributed by atoms with Crippen LogP contribution in [0.4, 0.5) is 8.78 Å². The SMILES string of the molecule is CN1C(=O)c2c(O)c(=O)c(C(=O)NCc3ccc(F)cc3F)cn2N(Cc2ccccc2)C12CCOC2. The van der Waals surface area contributed by atoms with Crippen LogP contribution in [-0.2, 0) is 17.8 Å². The summed E-state index contributed by atoms with van der Waals surface area (Å²) in [6.45, 7) is 0.528. The largest absolute Gasteiger partial charge is 0.502 e. The molecule has 1 spiro atoms. The molecule has 3 aromatic rings. The van der Waals surface area contributed by atoms with Gasteiger partial charge < -0.3 is 20.1 Å². The van der Waals surface area contributed by atoms with E-state index in [1.54, 1.807) is 12.1 Å². The third-order valence-electron chi connectivity index (χ3n) is 6.89. The topological polar surface area (TPSA) is 104 Å². The second-order valence-corrected chi connectivity index (χ2v) is 9.02. The Labute approximate surface area is 210 Å². The summed E-state index contributed by atoms with van der Waals surface area (Å²) in [6.07, 6.45) is 1.67. The van der Waals surface area contributed by atoms with Crippen LogP contribution < -0.4 is 15.8 Å². The molecule has 3 heterocycles. The fourth-order valence-electron chi connectivity index (χ4n) is 4.79. The summed E-state index contributed by atoms with van der Waals surface area (Å²) in [7, 11) is 1.58. The number of amides is 2. The quantitative estimate of drug-likeness (QED) is 0.545. The zero-order valence-corrected chi connectivity index (χ0v) is 19.9. The highest BCUT2D eigenvalue weighted by atomic mass is 19.1. The fourth-order valence-corrected chi connectivity index (χ4v) is 4.79. The summed E-state index contributed by atoms with van der Waals surface area (Å²) < 4.78 is 34.2. The number of likely N-dealkylation sites (N-methyl/N-ethyl adjacent to an activating group) is 1.